The predicted molar refractivity (Wildman–Crippen MR) is 80.6 cm³/mol. The topological polar surface area (TPSA) is 97.2 Å². The van der Waals surface area contributed by atoms with E-state index < -0.39 is 4.92 Å². The smallest absolute Gasteiger partial charge is 0.293 e. The van der Waals surface area contributed by atoms with Crippen molar-refractivity contribution in [3.63, 3.8) is 0 Å². The summed E-state index contributed by atoms with van der Waals surface area (Å²) in [6, 6.07) is 6.50. The molecule has 1 aliphatic heterocycles. The van der Waals surface area contributed by atoms with Crippen molar-refractivity contribution in [1.29, 1.82) is 0 Å². The number of hydrogen-bond acceptors (Lipinski definition) is 5. The third kappa shape index (κ3) is 2.70. The number of rotatable bonds is 3. The van der Waals surface area contributed by atoms with E-state index in [-0.39, 0.29) is 18.0 Å². The Morgan fingerprint density at radius 1 is 1.38 bits per heavy atom. The largest absolute Gasteiger partial charge is 0.349 e. The van der Waals surface area contributed by atoms with Gasteiger partial charge in [0.25, 0.3) is 5.69 Å². The number of nitrogens with zero attached hydrogens (tertiary/aromatic N) is 2. The van der Waals surface area contributed by atoms with Gasteiger partial charge in [-0.25, -0.2) is 4.98 Å². The van der Waals surface area contributed by atoms with Crippen LogP contribution in [0.2, 0.25) is 0 Å². The van der Waals surface area contributed by atoms with Gasteiger partial charge in [-0.05, 0) is 18.2 Å². The van der Waals surface area contributed by atoms with E-state index >= 15 is 0 Å². The quantitative estimate of drug-likeness (QED) is 0.656. The maximum Gasteiger partial charge on any atom is 0.293 e. The number of hydrogen-bond donors (Lipinski definition) is 2. The Balaban J connectivity index is 1.93. The van der Waals surface area contributed by atoms with Crippen molar-refractivity contribution in [2.75, 3.05) is 10.6 Å². The van der Waals surface area contributed by atoms with Crippen molar-refractivity contribution in [2.24, 2.45) is 0 Å². The number of pyridine rings is 1. The van der Waals surface area contributed by atoms with Gasteiger partial charge in [0.05, 0.1) is 23.2 Å². The third-order valence-corrected chi connectivity index (χ3v) is 3.50. The molecule has 3 rings (SSSR count). The highest BCUT2D eigenvalue weighted by molar-refractivity contribution is 9.10. The van der Waals surface area contributed by atoms with Gasteiger partial charge in [0.1, 0.15) is 11.5 Å². The summed E-state index contributed by atoms with van der Waals surface area (Å²) < 4.78 is 0.627. The molecule has 0 spiro atoms. The molecular weight excluding hydrogens is 340 g/mol. The first-order chi connectivity index (χ1) is 10.0. The first kappa shape index (κ1) is 13.5. The van der Waals surface area contributed by atoms with Crippen molar-refractivity contribution in [2.45, 2.75) is 6.42 Å². The first-order valence-electron chi connectivity index (χ1n) is 6.02. The van der Waals surface area contributed by atoms with E-state index in [9.17, 15) is 14.9 Å². The molecule has 106 valence electrons. The fourth-order valence-electron chi connectivity index (χ4n) is 2.09. The van der Waals surface area contributed by atoms with Crippen LogP contribution in [-0.4, -0.2) is 15.8 Å². The molecule has 2 heterocycles. The predicted octanol–water partition coefficient (Wildman–Crippen LogP) is 2.99. The molecule has 7 nitrogen and oxygen atoms in total. The monoisotopic (exact) mass is 348 g/mol. The lowest BCUT2D eigenvalue weighted by Crippen LogP contribution is -2.04. The SMILES string of the molecule is O=C1Cc2cc(Nc3ccc(Br)cc3[N+](=O)[O-])cnc2N1. The van der Waals surface area contributed by atoms with Crippen LogP contribution < -0.4 is 10.6 Å². The number of benzene rings is 1. The van der Waals surface area contributed by atoms with E-state index in [1.165, 1.54) is 12.3 Å². The molecule has 2 N–H and O–H groups in total. The molecule has 0 atom stereocenters. The van der Waals surface area contributed by atoms with Gasteiger partial charge in [-0.15, -0.1) is 0 Å². The molecule has 1 aromatic carbocycles. The third-order valence-electron chi connectivity index (χ3n) is 3.01. The van der Waals surface area contributed by atoms with Crippen LogP contribution in [0.3, 0.4) is 0 Å². The van der Waals surface area contributed by atoms with E-state index in [1.54, 1.807) is 18.2 Å². The lowest BCUT2D eigenvalue weighted by atomic mass is 10.2. The van der Waals surface area contributed by atoms with Crippen molar-refractivity contribution in [3.8, 4) is 0 Å². The van der Waals surface area contributed by atoms with Crippen molar-refractivity contribution < 1.29 is 9.72 Å². The van der Waals surface area contributed by atoms with Crippen LogP contribution >= 0.6 is 15.9 Å². The molecule has 0 saturated heterocycles. The zero-order chi connectivity index (χ0) is 15.0. The van der Waals surface area contributed by atoms with Crippen LogP contribution in [0.5, 0.6) is 0 Å². The number of aromatic nitrogens is 1. The standard InChI is InChI=1S/C13H9BrN4O3/c14-8-1-2-10(11(5-8)18(20)21)16-9-3-7-4-12(19)17-13(7)15-6-9/h1-3,5-6,16H,4H2,(H,15,17,19). The summed E-state index contributed by atoms with van der Waals surface area (Å²) in [5.74, 6) is 0.431. The van der Waals surface area contributed by atoms with Crippen LogP contribution in [-0.2, 0) is 11.2 Å². The summed E-state index contributed by atoms with van der Waals surface area (Å²) in [6.45, 7) is 0. The second-order valence-electron chi connectivity index (χ2n) is 4.50. The highest BCUT2D eigenvalue weighted by Gasteiger charge is 2.20. The maximum absolute atomic E-state index is 11.3. The minimum Gasteiger partial charge on any atom is -0.349 e. The molecule has 1 aromatic heterocycles. The Morgan fingerprint density at radius 2 is 2.19 bits per heavy atom. The maximum atomic E-state index is 11.3. The van der Waals surface area contributed by atoms with E-state index in [1.807, 2.05) is 0 Å². The summed E-state index contributed by atoms with van der Waals surface area (Å²) in [5, 5.41) is 16.7. The first-order valence-corrected chi connectivity index (χ1v) is 6.82. The second kappa shape index (κ2) is 5.13. The molecule has 0 radical (unpaired) electrons. The summed E-state index contributed by atoms with van der Waals surface area (Å²) >= 11 is 3.21. The van der Waals surface area contributed by atoms with E-state index in [4.69, 9.17) is 0 Å². The molecule has 0 aliphatic carbocycles. The number of fused-ring (bicyclic) bond motifs is 1. The fraction of sp³-hybridized carbons (Fsp3) is 0.0769. The van der Waals surface area contributed by atoms with Gasteiger partial charge in [0.15, 0.2) is 0 Å². The Kier molecular flexibility index (Phi) is 3.30. The van der Waals surface area contributed by atoms with Crippen LogP contribution in [0, 0.1) is 10.1 Å². The molecule has 0 fully saturated rings. The van der Waals surface area contributed by atoms with Crippen LogP contribution in [0.25, 0.3) is 0 Å². The molecule has 8 heteroatoms. The number of halogens is 1. The summed E-state index contributed by atoms with van der Waals surface area (Å²) in [5.41, 5.74) is 1.68. The molecule has 21 heavy (non-hydrogen) atoms. The molecule has 0 saturated carbocycles. The van der Waals surface area contributed by atoms with E-state index in [2.05, 4.69) is 31.5 Å². The number of nitro groups is 1. The lowest BCUT2D eigenvalue weighted by molar-refractivity contribution is -0.384. The van der Waals surface area contributed by atoms with Gasteiger partial charge in [-0.3, -0.25) is 14.9 Å². The number of carbonyl (C=O) groups excluding carboxylic acids is 1. The van der Waals surface area contributed by atoms with Gasteiger partial charge >= 0.3 is 0 Å². The molecular formula is C13H9BrN4O3. The summed E-state index contributed by atoms with van der Waals surface area (Å²) in [6.07, 6.45) is 1.79. The Labute approximate surface area is 127 Å². The highest BCUT2D eigenvalue weighted by Crippen LogP contribution is 2.31. The van der Waals surface area contributed by atoms with E-state index in [0.29, 0.717) is 21.7 Å². The summed E-state index contributed by atoms with van der Waals surface area (Å²) in [7, 11) is 0. The number of amides is 1. The second-order valence-corrected chi connectivity index (χ2v) is 5.42. The minimum absolute atomic E-state index is 0.0425. The molecule has 0 bridgehead atoms. The molecule has 1 amide bonds. The van der Waals surface area contributed by atoms with Crippen LogP contribution in [0.1, 0.15) is 5.56 Å². The zero-order valence-corrected chi connectivity index (χ0v) is 12.2. The van der Waals surface area contributed by atoms with Crippen molar-refractivity contribution in [3.05, 3.63) is 50.6 Å². The Morgan fingerprint density at radius 3 is 2.95 bits per heavy atom. The Bertz CT molecular complexity index is 763. The number of nitro benzene ring substituents is 1. The Hall–Kier alpha value is -2.48. The lowest BCUT2D eigenvalue weighted by Gasteiger charge is -2.08. The zero-order valence-electron chi connectivity index (χ0n) is 10.6. The summed E-state index contributed by atoms with van der Waals surface area (Å²) in [4.78, 5) is 26.0. The molecule has 0 unspecified atom stereocenters. The fourth-order valence-corrected chi connectivity index (χ4v) is 2.44. The van der Waals surface area contributed by atoms with Gasteiger partial charge in [-0.1, -0.05) is 15.9 Å². The number of carbonyl (C=O) groups is 1. The highest BCUT2D eigenvalue weighted by atomic mass is 79.9. The molecule has 2 aromatic rings. The normalized spacial score (nSPS) is 12.7. The number of anilines is 3. The molecule has 1 aliphatic rings. The van der Waals surface area contributed by atoms with Gasteiger partial charge in [0.2, 0.25) is 5.91 Å². The average molecular weight is 349 g/mol. The van der Waals surface area contributed by atoms with Gasteiger partial charge in [0, 0.05) is 16.1 Å². The van der Waals surface area contributed by atoms with Crippen molar-refractivity contribution in [1.82, 2.24) is 4.98 Å². The van der Waals surface area contributed by atoms with Crippen LogP contribution in [0.15, 0.2) is 34.9 Å². The number of nitrogens with one attached hydrogen (secondary N) is 2. The van der Waals surface area contributed by atoms with Gasteiger partial charge in [-0.2, -0.15) is 0 Å². The van der Waals surface area contributed by atoms with Crippen LogP contribution in [0.4, 0.5) is 22.9 Å². The van der Waals surface area contributed by atoms with Gasteiger partial charge < -0.3 is 10.6 Å². The minimum atomic E-state index is -0.459. The average Bonchev–Trinajstić information content (AvgIpc) is 2.80. The van der Waals surface area contributed by atoms with Crippen molar-refractivity contribution >= 4 is 44.7 Å². The van der Waals surface area contributed by atoms with E-state index in [0.717, 1.165) is 5.56 Å².